The number of halogens is 1. The molecule has 0 saturated carbocycles. The average molecular weight is 262 g/mol. The summed E-state index contributed by atoms with van der Waals surface area (Å²) in [5, 5.41) is 11.3. The van der Waals surface area contributed by atoms with Crippen LogP contribution in [0.25, 0.3) is 0 Å². The number of hydrogen-bond donors (Lipinski definition) is 1. The fraction of sp³-hybridized carbons (Fsp3) is 0.286. The van der Waals surface area contributed by atoms with Crippen molar-refractivity contribution in [3.05, 3.63) is 47.7 Å². The summed E-state index contributed by atoms with van der Waals surface area (Å²) in [4.78, 5) is 0. The normalized spacial score (nSPS) is 10.3. The molecule has 0 saturated heterocycles. The van der Waals surface area contributed by atoms with Gasteiger partial charge in [0.2, 0.25) is 0 Å². The second-order valence-corrected chi connectivity index (χ2v) is 4.56. The number of aryl methyl sites for hydroxylation is 2. The SMILES string of the molecule is Cc1ccc(Nc2cccc(CCCCl)c2)nn1. The zero-order valence-electron chi connectivity index (χ0n) is 10.4. The molecule has 1 aromatic carbocycles. The van der Waals surface area contributed by atoms with Gasteiger partial charge in [0.25, 0.3) is 0 Å². The van der Waals surface area contributed by atoms with E-state index in [-0.39, 0.29) is 0 Å². The van der Waals surface area contributed by atoms with E-state index in [2.05, 4.69) is 27.6 Å². The maximum absolute atomic E-state index is 5.70. The third kappa shape index (κ3) is 3.70. The maximum atomic E-state index is 5.70. The van der Waals surface area contributed by atoms with E-state index in [1.165, 1.54) is 5.56 Å². The van der Waals surface area contributed by atoms with Gasteiger partial charge in [-0.3, -0.25) is 0 Å². The number of benzene rings is 1. The Kier molecular flexibility index (Phi) is 4.53. The van der Waals surface area contributed by atoms with Gasteiger partial charge in [-0.25, -0.2) is 0 Å². The Morgan fingerprint density at radius 2 is 2.06 bits per heavy atom. The minimum absolute atomic E-state index is 0.696. The molecule has 0 radical (unpaired) electrons. The lowest BCUT2D eigenvalue weighted by atomic mass is 10.1. The number of nitrogens with one attached hydrogen (secondary N) is 1. The third-order valence-corrected chi connectivity index (χ3v) is 2.86. The first-order chi connectivity index (χ1) is 8.78. The van der Waals surface area contributed by atoms with Gasteiger partial charge in [0.1, 0.15) is 0 Å². The molecule has 0 spiro atoms. The fourth-order valence-corrected chi connectivity index (χ4v) is 1.82. The molecule has 2 aromatic rings. The predicted octanol–water partition coefficient (Wildman–Crippen LogP) is 3.70. The van der Waals surface area contributed by atoms with Crippen LogP contribution in [0.4, 0.5) is 11.5 Å². The van der Waals surface area contributed by atoms with Crippen molar-refractivity contribution in [3.63, 3.8) is 0 Å². The minimum Gasteiger partial charge on any atom is -0.339 e. The molecular weight excluding hydrogens is 246 g/mol. The van der Waals surface area contributed by atoms with E-state index in [0.717, 1.165) is 30.0 Å². The number of aromatic nitrogens is 2. The van der Waals surface area contributed by atoms with Gasteiger partial charge >= 0.3 is 0 Å². The quantitative estimate of drug-likeness (QED) is 0.834. The van der Waals surface area contributed by atoms with Gasteiger partial charge in [-0.1, -0.05) is 12.1 Å². The molecule has 0 aliphatic rings. The van der Waals surface area contributed by atoms with Gasteiger partial charge < -0.3 is 5.32 Å². The highest BCUT2D eigenvalue weighted by Gasteiger charge is 1.98. The topological polar surface area (TPSA) is 37.8 Å². The first-order valence-corrected chi connectivity index (χ1v) is 6.53. The molecule has 0 amide bonds. The Hall–Kier alpha value is -1.61. The molecule has 94 valence electrons. The Bertz CT molecular complexity index is 497. The summed E-state index contributed by atoms with van der Waals surface area (Å²) in [6, 6.07) is 12.1. The Balaban J connectivity index is 2.06. The van der Waals surface area contributed by atoms with Gasteiger partial charge in [0.05, 0.1) is 5.69 Å². The predicted molar refractivity (Wildman–Crippen MR) is 75.5 cm³/mol. The summed E-state index contributed by atoms with van der Waals surface area (Å²) in [7, 11) is 0. The van der Waals surface area contributed by atoms with Crippen molar-refractivity contribution in [2.75, 3.05) is 11.2 Å². The largest absolute Gasteiger partial charge is 0.339 e. The van der Waals surface area contributed by atoms with Crippen LogP contribution < -0.4 is 5.32 Å². The van der Waals surface area contributed by atoms with Crippen LogP contribution in [-0.4, -0.2) is 16.1 Å². The van der Waals surface area contributed by atoms with Crippen molar-refractivity contribution in [3.8, 4) is 0 Å². The zero-order chi connectivity index (χ0) is 12.8. The molecule has 1 N–H and O–H groups in total. The number of hydrogen-bond acceptors (Lipinski definition) is 3. The summed E-state index contributed by atoms with van der Waals surface area (Å²) >= 11 is 5.70. The molecule has 0 unspecified atom stereocenters. The molecule has 3 nitrogen and oxygen atoms in total. The minimum atomic E-state index is 0.696. The standard InChI is InChI=1S/C14H16ClN3/c1-11-7-8-14(18-17-11)16-13-6-2-4-12(10-13)5-3-9-15/h2,4,6-8,10H,3,5,9H2,1H3,(H,16,18). The number of anilines is 2. The van der Waals surface area contributed by atoms with Crippen LogP contribution in [0.5, 0.6) is 0 Å². The zero-order valence-corrected chi connectivity index (χ0v) is 11.1. The summed E-state index contributed by atoms with van der Waals surface area (Å²) in [6.45, 7) is 1.92. The van der Waals surface area contributed by atoms with Crippen molar-refractivity contribution in [1.29, 1.82) is 0 Å². The van der Waals surface area contributed by atoms with Crippen molar-refractivity contribution in [2.24, 2.45) is 0 Å². The molecule has 1 aromatic heterocycles. The van der Waals surface area contributed by atoms with Gasteiger partial charge in [-0.15, -0.1) is 16.7 Å². The molecule has 0 atom stereocenters. The number of rotatable bonds is 5. The Morgan fingerprint density at radius 3 is 2.78 bits per heavy atom. The van der Waals surface area contributed by atoms with Crippen LogP contribution in [0.2, 0.25) is 0 Å². The van der Waals surface area contributed by atoms with Crippen LogP contribution in [0, 0.1) is 6.92 Å². The highest BCUT2D eigenvalue weighted by atomic mass is 35.5. The van der Waals surface area contributed by atoms with Crippen molar-refractivity contribution >= 4 is 23.1 Å². The first kappa shape index (κ1) is 12.8. The molecule has 0 fully saturated rings. The molecule has 0 aliphatic heterocycles. The summed E-state index contributed by atoms with van der Waals surface area (Å²) in [5.74, 6) is 1.45. The molecule has 18 heavy (non-hydrogen) atoms. The molecule has 1 heterocycles. The smallest absolute Gasteiger partial charge is 0.153 e. The van der Waals surface area contributed by atoms with E-state index in [4.69, 9.17) is 11.6 Å². The summed E-state index contributed by atoms with van der Waals surface area (Å²) in [6.07, 6.45) is 1.99. The van der Waals surface area contributed by atoms with E-state index < -0.39 is 0 Å². The van der Waals surface area contributed by atoms with E-state index >= 15 is 0 Å². The van der Waals surface area contributed by atoms with Crippen LogP contribution in [0.3, 0.4) is 0 Å². The lowest BCUT2D eigenvalue weighted by molar-refractivity contribution is 0.929. The van der Waals surface area contributed by atoms with Gasteiger partial charge in [0, 0.05) is 11.6 Å². The van der Waals surface area contributed by atoms with Crippen LogP contribution in [-0.2, 0) is 6.42 Å². The van der Waals surface area contributed by atoms with E-state index in [1.54, 1.807) is 0 Å². The highest BCUT2D eigenvalue weighted by Crippen LogP contribution is 2.16. The molecule has 4 heteroatoms. The van der Waals surface area contributed by atoms with Crippen LogP contribution in [0.15, 0.2) is 36.4 Å². The maximum Gasteiger partial charge on any atom is 0.153 e. The molecule has 2 rings (SSSR count). The number of alkyl halides is 1. The van der Waals surface area contributed by atoms with E-state index in [1.807, 2.05) is 31.2 Å². The number of nitrogens with zero attached hydrogens (tertiary/aromatic N) is 2. The van der Waals surface area contributed by atoms with E-state index in [9.17, 15) is 0 Å². The van der Waals surface area contributed by atoms with Crippen LogP contribution >= 0.6 is 11.6 Å². The highest BCUT2D eigenvalue weighted by molar-refractivity contribution is 6.17. The Labute approximate surface area is 112 Å². The van der Waals surface area contributed by atoms with Gasteiger partial charge in [-0.2, -0.15) is 5.10 Å². The van der Waals surface area contributed by atoms with Crippen LogP contribution in [0.1, 0.15) is 17.7 Å². The lowest BCUT2D eigenvalue weighted by Crippen LogP contribution is -1.97. The second kappa shape index (κ2) is 6.36. The van der Waals surface area contributed by atoms with Crippen molar-refractivity contribution in [1.82, 2.24) is 10.2 Å². The second-order valence-electron chi connectivity index (χ2n) is 4.18. The Morgan fingerprint density at radius 1 is 1.17 bits per heavy atom. The average Bonchev–Trinajstić information content (AvgIpc) is 2.40. The summed E-state index contributed by atoms with van der Waals surface area (Å²) < 4.78 is 0. The van der Waals surface area contributed by atoms with Crippen molar-refractivity contribution < 1.29 is 0 Å². The van der Waals surface area contributed by atoms with Crippen molar-refractivity contribution in [2.45, 2.75) is 19.8 Å². The summed E-state index contributed by atoms with van der Waals surface area (Å²) in [5.41, 5.74) is 3.22. The first-order valence-electron chi connectivity index (χ1n) is 6.00. The third-order valence-electron chi connectivity index (χ3n) is 2.60. The lowest BCUT2D eigenvalue weighted by Gasteiger charge is -2.07. The fourth-order valence-electron chi connectivity index (χ4n) is 1.69. The molecule has 0 bridgehead atoms. The molecule has 0 aliphatic carbocycles. The molecular formula is C14H16ClN3. The van der Waals surface area contributed by atoms with E-state index in [0.29, 0.717) is 5.88 Å². The van der Waals surface area contributed by atoms with Gasteiger partial charge in [-0.05, 0) is 49.6 Å². The monoisotopic (exact) mass is 261 g/mol. The van der Waals surface area contributed by atoms with Gasteiger partial charge in [0.15, 0.2) is 5.82 Å².